The van der Waals surface area contributed by atoms with Crippen LogP contribution in [0.2, 0.25) is 0 Å². The SMILES string of the molecule is COc1ncccc1C(=O)c1cccc(C)c1. The number of methoxy groups -OCH3 is 1. The third-order valence-corrected chi connectivity index (χ3v) is 2.49. The minimum absolute atomic E-state index is 0.0707. The van der Waals surface area contributed by atoms with Crippen molar-refractivity contribution in [2.24, 2.45) is 0 Å². The van der Waals surface area contributed by atoms with E-state index in [0.717, 1.165) is 5.56 Å². The summed E-state index contributed by atoms with van der Waals surface area (Å²) in [6, 6.07) is 10.9. The highest BCUT2D eigenvalue weighted by Crippen LogP contribution is 2.18. The van der Waals surface area contributed by atoms with E-state index in [4.69, 9.17) is 4.74 Å². The standard InChI is InChI=1S/C14H13NO2/c1-10-5-3-6-11(9-10)13(16)12-7-4-8-15-14(12)17-2/h3-9H,1-2H3. The highest BCUT2D eigenvalue weighted by molar-refractivity contribution is 6.10. The number of pyridine rings is 1. The Morgan fingerprint density at radius 2 is 2.06 bits per heavy atom. The first-order chi connectivity index (χ1) is 8.22. The molecular weight excluding hydrogens is 214 g/mol. The lowest BCUT2D eigenvalue weighted by Gasteiger charge is -2.06. The van der Waals surface area contributed by atoms with Crippen LogP contribution in [0.25, 0.3) is 0 Å². The second kappa shape index (κ2) is 4.78. The van der Waals surface area contributed by atoms with Crippen LogP contribution in [-0.2, 0) is 0 Å². The number of aromatic nitrogens is 1. The summed E-state index contributed by atoms with van der Waals surface area (Å²) < 4.78 is 5.09. The predicted octanol–water partition coefficient (Wildman–Crippen LogP) is 2.63. The normalized spacial score (nSPS) is 10.0. The van der Waals surface area contributed by atoms with Gasteiger partial charge in [0.2, 0.25) is 5.88 Å². The Morgan fingerprint density at radius 1 is 1.24 bits per heavy atom. The first-order valence-electron chi connectivity index (χ1n) is 5.33. The highest BCUT2D eigenvalue weighted by atomic mass is 16.5. The fourth-order valence-electron chi connectivity index (χ4n) is 1.67. The van der Waals surface area contributed by atoms with Gasteiger partial charge in [0, 0.05) is 11.8 Å². The lowest BCUT2D eigenvalue weighted by Crippen LogP contribution is -2.05. The van der Waals surface area contributed by atoms with Crippen molar-refractivity contribution in [3.05, 3.63) is 59.3 Å². The number of carbonyl (C=O) groups excluding carboxylic acids is 1. The largest absolute Gasteiger partial charge is 0.480 e. The van der Waals surface area contributed by atoms with Crippen LogP contribution >= 0.6 is 0 Å². The summed E-state index contributed by atoms with van der Waals surface area (Å²) in [7, 11) is 1.51. The van der Waals surface area contributed by atoms with Crippen LogP contribution in [0.15, 0.2) is 42.6 Å². The van der Waals surface area contributed by atoms with Gasteiger partial charge in [-0.05, 0) is 25.1 Å². The summed E-state index contributed by atoms with van der Waals surface area (Å²) in [6.45, 7) is 1.96. The molecule has 0 aliphatic carbocycles. The fourth-order valence-corrected chi connectivity index (χ4v) is 1.67. The number of carbonyl (C=O) groups is 1. The molecule has 2 rings (SSSR count). The zero-order valence-corrected chi connectivity index (χ0v) is 9.81. The minimum Gasteiger partial charge on any atom is -0.480 e. The summed E-state index contributed by atoms with van der Waals surface area (Å²) in [5.41, 5.74) is 2.19. The Hall–Kier alpha value is -2.16. The minimum atomic E-state index is -0.0707. The zero-order valence-electron chi connectivity index (χ0n) is 9.81. The van der Waals surface area contributed by atoms with E-state index in [-0.39, 0.29) is 5.78 Å². The summed E-state index contributed by atoms with van der Waals surface area (Å²) >= 11 is 0. The molecule has 0 saturated carbocycles. The zero-order chi connectivity index (χ0) is 12.3. The van der Waals surface area contributed by atoms with E-state index < -0.39 is 0 Å². The highest BCUT2D eigenvalue weighted by Gasteiger charge is 2.14. The van der Waals surface area contributed by atoms with Crippen molar-refractivity contribution in [1.29, 1.82) is 0 Å². The van der Waals surface area contributed by atoms with E-state index in [1.807, 2.05) is 25.1 Å². The molecule has 0 aliphatic rings. The first kappa shape index (κ1) is 11.3. The molecule has 1 aromatic heterocycles. The average Bonchev–Trinajstić information content (AvgIpc) is 2.38. The van der Waals surface area contributed by atoms with Gasteiger partial charge in [-0.25, -0.2) is 4.98 Å². The van der Waals surface area contributed by atoms with Crippen LogP contribution in [0, 0.1) is 6.92 Å². The van der Waals surface area contributed by atoms with Crippen molar-refractivity contribution >= 4 is 5.78 Å². The molecule has 1 aromatic carbocycles. The molecular formula is C14H13NO2. The second-order valence-corrected chi connectivity index (χ2v) is 3.76. The van der Waals surface area contributed by atoms with Crippen molar-refractivity contribution in [2.45, 2.75) is 6.92 Å². The smallest absolute Gasteiger partial charge is 0.224 e. The van der Waals surface area contributed by atoms with E-state index in [1.165, 1.54) is 7.11 Å². The monoisotopic (exact) mass is 227 g/mol. The molecule has 3 heteroatoms. The van der Waals surface area contributed by atoms with E-state index in [9.17, 15) is 4.79 Å². The van der Waals surface area contributed by atoms with Gasteiger partial charge in [-0.3, -0.25) is 4.79 Å². The van der Waals surface area contributed by atoms with E-state index in [2.05, 4.69) is 4.98 Å². The molecule has 0 aliphatic heterocycles. The van der Waals surface area contributed by atoms with Gasteiger partial charge in [0.1, 0.15) is 0 Å². The van der Waals surface area contributed by atoms with Crippen molar-refractivity contribution < 1.29 is 9.53 Å². The van der Waals surface area contributed by atoms with Gasteiger partial charge in [0.15, 0.2) is 5.78 Å². The van der Waals surface area contributed by atoms with Crippen LogP contribution in [0.1, 0.15) is 21.5 Å². The summed E-state index contributed by atoms with van der Waals surface area (Å²) in [5, 5.41) is 0. The summed E-state index contributed by atoms with van der Waals surface area (Å²) in [5.74, 6) is 0.289. The molecule has 17 heavy (non-hydrogen) atoms. The van der Waals surface area contributed by atoms with Gasteiger partial charge >= 0.3 is 0 Å². The van der Waals surface area contributed by atoms with Gasteiger partial charge in [0.05, 0.1) is 12.7 Å². The molecule has 0 saturated heterocycles. The maximum Gasteiger partial charge on any atom is 0.224 e. The molecule has 0 amide bonds. The molecule has 0 fully saturated rings. The molecule has 0 atom stereocenters. The molecule has 0 spiro atoms. The van der Waals surface area contributed by atoms with Crippen molar-refractivity contribution in [3.8, 4) is 5.88 Å². The molecule has 3 nitrogen and oxygen atoms in total. The first-order valence-corrected chi connectivity index (χ1v) is 5.33. The van der Waals surface area contributed by atoms with Crippen molar-refractivity contribution in [1.82, 2.24) is 4.98 Å². The number of rotatable bonds is 3. The number of hydrogen-bond acceptors (Lipinski definition) is 3. The quantitative estimate of drug-likeness (QED) is 0.757. The molecule has 1 heterocycles. The van der Waals surface area contributed by atoms with Crippen molar-refractivity contribution in [3.63, 3.8) is 0 Å². The summed E-state index contributed by atoms with van der Waals surface area (Å²) in [6.07, 6.45) is 1.60. The van der Waals surface area contributed by atoms with Gasteiger partial charge in [0.25, 0.3) is 0 Å². The van der Waals surface area contributed by atoms with Crippen LogP contribution in [0.3, 0.4) is 0 Å². The lowest BCUT2D eigenvalue weighted by atomic mass is 10.0. The Kier molecular flexibility index (Phi) is 3.19. The lowest BCUT2D eigenvalue weighted by molar-refractivity contribution is 0.103. The van der Waals surface area contributed by atoms with Crippen LogP contribution in [-0.4, -0.2) is 17.9 Å². The van der Waals surface area contributed by atoms with E-state index in [0.29, 0.717) is 17.0 Å². The molecule has 0 N–H and O–H groups in total. The second-order valence-electron chi connectivity index (χ2n) is 3.76. The Labute approximate surface area is 100 Å². The molecule has 0 radical (unpaired) electrons. The van der Waals surface area contributed by atoms with Crippen LogP contribution < -0.4 is 4.74 Å². The van der Waals surface area contributed by atoms with Gasteiger partial charge in [-0.2, -0.15) is 0 Å². The van der Waals surface area contributed by atoms with Gasteiger partial charge < -0.3 is 4.74 Å². The third-order valence-electron chi connectivity index (χ3n) is 2.49. The number of hydrogen-bond donors (Lipinski definition) is 0. The Morgan fingerprint density at radius 3 is 2.76 bits per heavy atom. The molecule has 0 bridgehead atoms. The van der Waals surface area contributed by atoms with Crippen LogP contribution in [0.5, 0.6) is 5.88 Å². The number of ether oxygens (including phenoxy) is 1. The predicted molar refractivity (Wildman–Crippen MR) is 65.4 cm³/mol. The Balaban J connectivity index is 2.44. The van der Waals surface area contributed by atoms with Gasteiger partial charge in [-0.15, -0.1) is 0 Å². The van der Waals surface area contributed by atoms with E-state index in [1.54, 1.807) is 24.4 Å². The average molecular weight is 227 g/mol. The molecule has 0 unspecified atom stereocenters. The number of nitrogens with zero attached hydrogens (tertiary/aromatic N) is 1. The summed E-state index contributed by atoms with van der Waals surface area (Å²) in [4.78, 5) is 16.3. The molecule has 2 aromatic rings. The van der Waals surface area contributed by atoms with Crippen molar-refractivity contribution in [2.75, 3.05) is 7.11 Å². The van der Waals surface area contributed by atoms with Gasteiger partial charge in [-0.1, -0.05) is 23.8 Å². The Bertz CT molecular complexity index is 549. The topological polar surface area (TPSA) is 39.2 Å². The fraction of sp³-hybridized carbons (Fsp3) is 0.143. The van der Waals surface area contributed by atoms with Crippen LogP contribution in [0.4, 0.5) is 0 Å². The number of aryl methyl sites for hydroxylation is 1. The third kappa shape index (κ3) is 2.33. The number of benzene rings is 1. The molecule has 86 valence electrons. The number of ketones is 1. The maximum atomic E-state index is 12.3. The maximum absolute atomic E-state index is 12.3. The van der Waals surface area contributed by atoms with E-state index >= 15 is 0 Å².